The Bertz CT molecular complexity index is 1800. The van der Waals surface area contributed by atoms with Crippen molar-refractivity contribution in [1.82, 2.24) is 0 Å². The van der Waals surface area contributed by atoms with Crippen LogP contribution in [0.15, 0.2) is 34.8 Å². The van der Waals surface area contributed by atoms with Gasteiger partial charge in [0.05, 0.1) is 11.6 Å². The third kappa shape index (κ3) is 4.23. The van der Waals surface area contributed by atoms with Crippen LogP contribution in [0, 0.1) is 35.5 Å². The molecule has 0 N–H and O–H groups in total. The van der Waals surface area contributed by atoms with Gasteiger partial charge in [-0.25, -0.2) is 0 Å². The van der Waals surface area contributed by atoms with E-state index >= 15 is 0 Å². The zero-order chi connectivity index (χ0) is 31.1. The second kappa shape index (κ2) is 9.55. The van der Waals surface area contributed by atoms with Crippen molar-refractivity contribution in [1.29, 1.82) is 0 Å². The Morgan fingerprint density at radius 3 is 1.67 bits per heavy atom. The van der Waals surface area contributed by atoms with E-state index in [4.69, 9.17) is 8.92 Å². The fourth-order valence-corrected chi connectivity index (χ4v) is 13.5. The molecule has 240 valence electrons. The molecule has 45 heavy (non-hydrogen) atoms. The zero-order valence-corrected chi connectivity index (χ0v) is 27.8. The minimum atomic E-state index is -5.89. The van der Waals surface area contributed by atoms with Crippen molar-refractivity contribution < 1.29 is 30.5 Å². The topological polar surface area (TPSA) is 52.6 Å². The van der Waals surface area contributed by atoms with Crippen LogP contribution in [0.2, 0.25) is 0 Å². The van der Waals surface area contributed by atoms with E-state index in [1.807, 2.05) is 18.2 Å². The van der Waals surface area contributed by atoms with Crippen molar-refractivity contribution >= 4 is 47.6 Å². The molecule has 8 aliphatic rings. The molecular weight excluding hydrogens is 665 g/mol. The smallest absolute Gasteiger partial charge is 0.496 e. The predicted molar refractivity (Wildman–Crippen MR) is 171 cm³/mol. The van der Waals surface area contributed by atoms with E-state index in [-0.39, 0.29) is 21.1 Å². The fourth-order valence-electron chi connectivity index (χ4n) is 12.4. The van der Waals surface area contributed by atoms with E-state index in [0.29, 0.717) is 34.3 Å². The average Bonchev–Trinajstić information content (AvgIpc) is 2.95. The Morgan fingerprint density at radius 2 is 1.20 bits per heavy atom. The number of hydrogen-bond donors (Lipinski definition) is 0. The Hall–Kier alpha value is -2.00. The molecule has 0 saturated heterocycles. The summed E-state index contributed by atoms with van der Waals surface area (Å²) in [6, 6.07) is 9.89. The Kier molecular flexibility index (Phi) is 6.19. The van der Waals surface area contributed by atoms with Crippen LogP contribution in [0.3, 0.4) is 0 Å². The lowest BCUT2D eigenvalue weighted by Gasteiger charge is -2.59. The first-order valence-corrected chi connectivity index (χ1v) is 18.8. The monoisotopic (exact) mass is 702 g/mol. The van der Waals surface area contributed by atoms with Gasteiger partial charge in [0.1, 0.15) is 5.75 Å². The summed E-state index contributed by atoms with van der Waals surface area (Å²) in [4.78, 5) is 0. The van der Waals surface area contributed by atoms with Gasteiger partial charge < -0.3 is 8.92 Å². The predicted octanol–water partition coefficient (Wildman–Crippen LogP) is 9.93. The number of ether oxygens (including phenoxy) is 1. The molecule has 8 saturated carbocycles. The first-order chi connectivity index (χ1) is 21.4. The summed E-state index contributed by atoms with van der Waals surface area (Å²) < 4.78 is 77.1. The molecule has 11 rings (SSSR count). The molecule has 9 heteroatoms. The van der Waals surface area contributed by atoms with Crippen molar-refractivity contribution in [3.05, 3.63) is 45.9 Å². The first-order valence-electron chi connectivity index (χ1n) is 16.6. The molecule has 0 spiro atoms. The number of fused-ring (bicyclic) bond motifs is 3. The summed E-state index contributed by atoms with van der Waals surface area (Å²) in [5.41, 5.74) is -3.00. The molecular formula is C36H38BrF3O4S. The lowest BCUT2D eigenvalue weighted by Crippen LogP contribution is -2.50. The van der Waals surface area contributed by atoms with E-state index in [1.165, 1.54) is 74.3 Å². The summed E-state index contributed by atoms with van der Waals surface area (Å²) in [6.07, 6.45) is 14.6. The third-order valence-electron chi connectivity index (χ3n) is 13.1. The zero-order valence-electron chi connectivity index (χ0n) is 25.4. The number of benzene rings is 3. The minimum Gasteiger partial charge on any atom is -0.496 e. The highest BCUT2D eigenvalue weighted by atomic mass is 79.9. The molecule has 8 bridgehead atoms. The second-order valence-electron chi connectivity index (χ2n) is 15.8. The maximum atomic E-state index is 13.7. The van der Waals surface area contributed by atoms with Gasteiger partial charge in [-0.2, -0.15) is 21.6 Å². The molecule has 8 aliphatic carbocycles. The van der Waals surface area contributed by atoms with Crippen LogP contribution in [0.25, 0.3) is 21.5 Å². The normalized spacial score (nSPS) is 36.7. The summed E-state index contributed by atoms with van der Waals surface area (Å²) >= 11 is 3.36. The van der Waals surface area contributed by atoms with Crippen LogP contribution in [0.4, 0.5) is 13.2 Å². The molecule has 0 unspecified atom stereocenters. The molecule has 0 heterocycles. The van der Waals surface area contributed by atoms with Crippen molar-refractivity contribution in [2.45, 2.75) is 93.4 Å². The second-order valence-corrected chi connectivity index (χ2v) is 18.2. The van der Waals surface area contributed by atoms with E-state index in [2.05, 4.69) is 22.0 Å². The lowest BCUT2D eigenvalue weighted by molar-refractivity contribution is -0.0499. The van der Waals surface area contributed by atoms with Gasteiger partial charge in [0.15, 0.2) is 5.75 Å². The van der Waals surface area contributed by atoms with Crippen LogP contribution in [-0.4, -0.2) is 21.0 Å². The van der Waals surface area contributed by atoms with Crippen LogP contribution < -0.4 is 8.92 Å². The van der Waals surface area contributed by atoms with Gasteiger partial charge in [-0.1, -0.05) is 12.1 Å². The number of methoxy groups -OCH3 is 1. The van der Waals surface area contributed by atoms with E-state index in [9.17, 15) is 21.6 Å². The Balaban J connectivity index is 1.38. The maximum Gasteiger partial charge on any atom is 0.534 e. The van der Waals surface area contributed by atoms with Crippen LogP contribution in [-0.2, 0) is 20.9 Å². The summed E-state index contributed by atoms with van der Waals surface area (Å²) in [5, 5.41) is 3.15. The van der Waals surface area contributed by atoms with Crippen molar-refractivity contribution in [2.75, 3.05) is 7.11 Å². The van der Waals surface area contributed by atoms with Crippen LogP contribution in [0.1, 0.15) is 88.2 Å². The highest BCUT2D eigenvalue weighted by molar-refractivity contribution is 9.10. The largest absolute Gasteiger partial charge is 0.534 e. The fraction of sp³-hybridized carbons (Fsp3) is 0.611. The van der Waals surface area contributed by atoms with Gasteiger partial charge in [-0.15, -0.1) is 0 Å². The number of rotatable bonds is 5. The van der Waals surface area contributed by atoms with Gasteiger partial charge in [0.25, 0.3) is 0 Å². The molecule has 0 radical (unpaired) electrons. The average molecular weight is 704 g/mol. The van der Waals surface area contributed by atoms with Crippen molar-refractivity contribution in [2.24, 2.45) is 35.5 Å². The summed E-state index contributed by atoms with van der Waals surface area (Å²) in [7, 11) is -4.25. The van der Waals surface area contributed by atoms with Gasteiger partial charge in [-0.3, -0.25) is 0 Å². The van der Waals surface area contributed by atoms with Crippen LogP contribution >= 0.6 is 15.9 Å². The molecule has 0 aliphatic heterocycles. The number of halogens is 4. The van der Waals surface area contributed by atoms with E-state index < -0.39 is 15.6 Å². The van der Waals surface area contributed by atoms with E-state index in [1.54, 1.807) is 13.2 Å². The summed E-state index contributed by atoms with van der Waals surface area (Å²) in [6.45, 7) is 0. The molecule has 3 aromatic rings. The van der Waals surface area contributed by atoms with E-state index in [0.717, 1.165) is 42.4 Å². The lowest BCUT2D eigenvalue weighted by atomic mass is 9.46. The highest BCUT2D eigenvalue weighted by Gasteiger charge is 2.55. The number of alkyl halides is 3. The molecule has 8 fully saturated rings. The molecule has 0 aromatic heterocycles. The number of hydrogen-bond acceptors (Lipinski definition) is 4. The highest BCUT2D eigenvalue weighted by Crippen LogP contribution is 2.66. The third-order valence-corrected chi connectivity index (χ3v) is 14.6. The summed E-state index contributed by atoms with van der Waals surface area (Å²) in [5.74, 6) is 4.57. The standard InChI is InChI=1S/C36H38BrF3O4S/c1-43-30-5-3-27(34-13-19-6-20(14-34)8-21(7-19)15-34)32-28(35-16-22-9-23(17-35)11-24(10-22)18-35)12-26-25(31(30)32)2-4-29(37)33(26)44-45(41,42)36(38,39)40/h2-5,12,19-24H,6-11,13-18H2,1H3. The van der Waals surface area contributed by atoms with Crippen molar-refractivity contribution in [3.63, 3.8) is 0 Å². The molecule has 4 nitrogen and oxygen atoms in total. The Labute approximate surface area is 270 Å². The SMILES string of the molecule is COc1ccc(C23CC4CC(CC(C4)C2)C3)c2c(C34CC5CC(CC(C5)C3)C4)cc3c(OS(=O)(=O)C(F)(F)F)c(Br)ccc3c12. The molecule has 0 atom stereocenters. The van der Waals surface area contributed by atoms with Gasteiger partial charge in [0, 0.05) is 10.8 Å². The van der Waals surface area contributed by atoms with Gasteiger partial charge in [-0.05, 0) is 179 Å². The minimum absolute atomic E-state index is 0.0817. The molecule has 0 amide bonds. The quantitative estimate of drug-likeness (QED) is 0.151. The maximum absolute atomic E-state index is 13.7. The van der Waals surface area contributed by atoms with Crippen molar-refractivity contribution in [3.8, 4) is 11.5 Å². The van der Waals surface area contributed by atoms with Crippen LogP contribution in [0.5, 0.6) is 11.5 Å². The first kappa shape index (κ1) is 29.2. The molecule has 3 aromatic carbocycles. The Morgan fingerprint density at radius 1 is 0.711 bits per heavy atom. The van der Waals surface area contributed by atoms with Gasteiger partial charge in [0.2, 0.25) is 0 Å². The van der Waals surface area contributed by atoms with Gasteiger partial charge >= 0.3 is 15.6 Å².